The molecule has 0 aliphatic carbocycles. The van der Waals surface area contributed by atoms with Crippen LogP contribution in [0.5, 0.6) is 0 Å². The SMILES string of the molecule is CNC(=O)c1c(NC(=O)c2ccc(S(=O)(=O)N3CCCc4ccccc43)cc2)sc2c1CCN(C(C)C)C2. The van der Waals surface area contributed by atoms with E-state index in [2.05, 4.69) is 29.4 Å². The number of sulfonamides is 1. The van der Waals surface area contributed by atoms with Crippen molar-refractivity contribution < 1.29 is 18.0 Å². The van der Waals surface area contributed by atoms with Gasteiger partial charge in [-0.15, -0.1) is 11.3 Å². The summed E-state index contributed by atoms with van der Waals surface area (Å²) in [6.07, 6.45) is 2.35. The van der Waals surface area contributed by atoms with E-state index in [1.807, 2.05) is 24.3 Å². The Bertz CT molecular complexity index is 1480. The molecule has 5 rings (SSSR count). The first kappa shape index (κ1) is 26.4. The number of amides is 2. The highest BCUT2D eigenvalue weighted by Crippen LogP contribution is 2.38. The number of carbonyl (C=O) groups excluding carboxylic acids is 2. The molecular weight excluding hydrogens is 520 g/mol. The number of rotatable bonds is 6. The van der Waals surface area contributed by atoms with E-state index in [0.29, 0.717) is 34.4 Å². The number of nitrogens with zero attached hydrogens (tertiary/aromatic N) is 2. The maximum Gasteiger partial charge on any atom is 0.264 e. The zero-order valence-corrected chi connectivity index (χ0v) is 23.4. The Morgan fingerprint density at radius 2 is 1.71 bits per heavy atom. The molecule has 0 atom stereocenters. The molecule has 200 valence electrons. The number of aryl methyl sites for hydroxylation is 1. The predicted molar refractivity (Wildman–Crippen MR) is 151 cm³/mol. The second-order valence-electron chi connectivity index (χ2n) is 9.89. The summed E-state index contributed by atoms with van der Waals surface area (Å²) in [7, 11) is -2.18. The lowest BCUT2D eigenvalue weighted by molar-refractivity contribution is 0.0962. The van der Waals surface area contributed by atoms with Crippen LogP contribution in [-0.2, 0) is 29.4 Å². The standard InChI is InChI=1S/C28H32N4O4S2/c1-18(2)31-16-14-22-24(17-31)37-28(25(22)27(34)29-3)30-26(33)20-10-12-21(13-11-20)38(35,36)32-15-6-8-19-7-4-5-9-23(19)32/h4-5,7,9-13,18H,6,8,14-17H2,1-3H3,(H,29,34)(H,30,33). The van der Waals surface area contributed by atoms with Crippen LogP contribution in [0.2, 0.25) is 0 Å². The largest absolute Gasteiger partial charge is 0.355 e. The van der Waals surface area contributed by atoms with Gasteiger partial charge in [-0.05, 0) is 74.6 Å². The maximum absolute atomic E-state index is 13.4. The summed E-state index contributed by atoms with van der Waals surface area (Å²) in [5.41, 5.74) is 3.55. The molecule has 0 fully saturated rings. The molecule has 2 N–H and O–H groups in total. The molecule has 2 amide bonds. The summed E-state index contributed by atoms with van der Waals surface area (Å²) in [4.78, 5) is 29.5. The van der Waals surface area contributed by atoms with Gasteiger partial charge in [-0.1, -0.05) is 18.2 Å². The molecule has 0 unspecified atom stereocenters. The van der Waals surface area contributed by atoms with Crippen LogP contribution in [0.4, 0.5) is 10.7 Å². The van der Waals surface area contributed by atoms with Crippen molar-refractivity contribution in [1.29, 1.82) is 0 Å². The van der Waals surface area contributed by atoms with E-state index < -0.39 is 10.0 Å². The molecule has 2 aliphatic rings. The third-order valence-corrected chi connectivity index (χ3v) is 10.2. The smallest absolute Gasteiger partial charge is 0.264 e. The van der Waals surface area contributed by atoms with E-state index in [1.54, 1.807) is 7.05 Å². The molecule has 38 heavy (non-hydrogen) atoms. The van der Waals surface area contributed by atoms with Crippen LogP contribution in [0.3, 0.4) is 0 Å². The molecular formula is C28H32N4O4S2. The quantitative estimate of drug-likeness (QED) is 0.476. The molecule has 3 heterocycles. The minimum absolute atomic E-state index is 0.136. The minimum Gasteiger partial charge on any atom is -0.355 e. The van der Waals surface area contributed by atoms with Crippen LogP contribution >= 0.6 is 11.3 Å². The third-order valence-electron chi connectivity index (χ3n) is 7.27. The van der Waals surface area contributed by atoms with Gasteiger partial charge in [-0.3, -0.25) is 18.8 Å². The Balaban J connectivity index is 1.38. The van der Waals surface area contributed by atoms with Gasteiger partial charge in [-0.25, -0.2) is 8.42 Å². The summed E-state index contributed by atoms with van der Waals surface area (Å²) in [6, 6.07) is 13.9. The number of hydrogen-bond donors (Lipinski definition) is 2. The van der Waals surface area contributed by atoms with Crippen LogP contribution in [0, 0.1) is 0 Å². The predicted octanol–water partition coefficient (Wildman–Crippen LogP) is 4.27. The summed E-state index contributed by atoms with van der Waals surface area (Å²) < 4.78 is 28.3. The average Bonchev–Trinajstić information content (AvgIpc) is 3.29. The van der Waals surface area contributed by atoms with Crippen molar-refractivity contribution in [3.63, 3.8) is 0 Å². The molecule has 0 radical (unpaired) electrons. The van der Waals surface area contributed by atoms with Crippen LogP contribution in [0.1, 0.15) is 57.0 Å². The number of carbonyl (C=O) groups is 2. The van der Waals surface area contributed by atoms with Gasteiger partial charge in [0.2, 0.25) is 0 Å². The molecule has 0 saturated carbocycles. The average molecular weight is 553 g/mol. The summed E-state index contributed by atoms with van der Waals surface area (Å²) in [6.45, 7) is 6.31. The van der Waals surface area contributed by atoms with E-state index in [1.165, 1.54) is 39.9 Å². The van der Waals surface area contributed by atoms with Gasteiger partial charge in [0.1, 0.15) is 5.00 Å². The highest BCUT2D eigenvalue weighted by molar-refractivity contribution is 7.92. The number of benzene rings is 2. The van der Waals surface area contributed by atoms with Gasteiger partial charge < -0.3 is 10.6 Å². The molecule has 8 nitrogen and oxygen atoms in total. The van der Waals surface area contributed by atoms with Crippen molar-refractivity contribution in [1.82, 2.24) is 10.2 Å². The zero-order chi connectivity index (χ0) is 27.0. The van der Waals surface area contributed by atoms with Crippen molar-refractivity contribution >= 4 is 43.9 Å². The van der Waals surface area contributed by atoms with Gasteiger partial charge in [0.05, 0.1) is 16.1 Å². The second-order valence-corrected chi connectivity index (χ2v) is 12.9. The Labute approximate surface area is 227 Å². The minimum atomic E-state index is -3.77. The maximum atomic E-state index is 13.4. The van der Waals surface area contributed by atoms with Crippen molar-refractivity contribution in [2.75, 3.05) is 29.8 Å². The molecule has 0 bridgehead atoms. The summed E-state index contributed by atoms with van der Waals surface area (Å²) in [5.74, 6) is -0.610. The fourth-order valence-electron chi connectivity index (χ4n) is 5.15. The highest BCUT2D eigenvalue weighted by atomic mass is 32.2. The number of fused-ring (bicyclic) bond motifs is 2. The molecule has 2 aliphatic heterocycles. The van der Waals surface area contributed by atoms with Crippen molar-refractivity contribution in [3.8, 4) is 0 Å². The van der Waals surface area contributed by atoms with Crippen molar-refractivity contribution in [3.05, 3.63) is 75.7 Å². The van der Waals surface area contributed by atoms with E-state index in [0.717, 1.165) is 48.4 Å². The Hall–Kier alpha value is -3.21. The van der Waals surface area contributed by atoms with Crippen LogP contribution in [0.15, 0.2) is 53.4 Å². The second kappa shape index (κ2) is 10.5. The van der Waals surface area contributed by atoms with Crippen LogP contribution in [0.25, 0.3) is 0 Å². The normalized spacial score (nSPS) is 15.6. The first-order valence-electron chi connectivity index (χ1n) is 12.8. The number of hydrogen-bond acceptors (Lipinski definition) is 6. The lowest BCUT2D eigenvalue weighted by Crippen LogP contribution is -2.35. The number of para-hydroxylation sites is 1. The van der Waals surface area contributed by atoms with Crippen LogP contribution in [-0.4, -0.2) is 51.3 Å². The number of thiophene rings is 1. The first-order valence-corrected chi connectivity index (χ1v) is 15.1. The number of anilines is 2. The van der Waals surface area contributed by atoms with Gasteiger partial charge in [0, 0.05) is 43.2 Å². The van der Waals surface area contributed by atoms with Crippen molar-refractivity contribution in [2.24, 2.45) is 0 Å². The molecule has 1 aromatic heterocycles. The number of nitrogens with one attached hydrogen (secondary N) is 2. The topological polar surface area (TPSA) is 98.8 Å². The van der Waals surface area contributed by atoms with Crippen molar-refractivity contribution in [2.45, 2.75) is 50.6 Å². The highest BCUT2D eigenvalue weighted by Gasteiger charge is 2.31. The van der Waals surface area contributed by atoms with Gasteiger partial charge >= 0.3 is 0 Å². The van der Waals surface area contributed by atoms with Crippen LogP contribution < -0.4 is 14.9 Å². The summed E-state index contributed by atoms with van der Waals surface area (Å²) in [5, 5.41) is 6.14. The van der Waals surface area contributed by atoms with E-state index in [4.69, 9.17) is 0 Å². The molecule has 0 spiro atoms. The fraction of sp³-hybridized carbons (Fsp3) is 0.357. The van der Waals surface area contributed by atoms with Gasteiger partial charge in [0.15, 0.2) is 0 Å². The van der Waals surface area contributed by atoms with Gasteiger partial charge in [-0.2, -0.15) is 0 Å². The lowest BCUT2D eigenvalue weighted by Gasteiger charge is -2.30. The lowest BCUT2D eigenvalue weighted by atomic mass is 10.0. The Kier molecular flexibility index (Phi) is 7.30. The molecule has 0 saturated heterocycles. The third kappa shape index (κ3) is 4.83. The molecule has 3 aromatic rings. The first-order chi connectivity index (χ1) is 18.2. The summed E-state index contributed by atoms with van der Waals surface area (Å²) >= 11 is 1.43. The zero-order valence-electron chi connectivity index (χ0n) is 21.8. The Morgan fingerprint density at radius 3 is 2.42 bits per heavy atom. The monoisotopic (exact) mass is 552 g/mol. The molecule has 10 heteroatoms. The Morgan fingerprint density at radius 1 is 0.974 bits per heavy atom. The van der Waals surface area contributed by atoms with E-state index in [9.17, 15) is 18.0 Å². The van der Waals surface area contributed by atoms with Gasteiger partial charge in [0.25, 0.3) is 21.8 Å². The van der Waals surface area contributed by atoms with E-state index in [-0.39, 0.29) is 16.7 Å². The molecule has 2 aromatic carbocycles. The van der Waals surface area contributed by atoms with E-state index >= 15 is 0 Å². The fourth-order valence-corrected chi connectivity index (χ4v) is 7.95.